The summed E-state index contributed by atoms with van der Waals surface area (Å²) >= 11 is 0. The van der Waals surface area contributed by atoms with Crippen molar-refractivity contribution in [3.63, 3.8) is 0 Å². The van der Waals surface area contributed by atoms with E-state index in [9.17, 15) is 4.79 Å². The SMILES string of the molecule is CON(C)C(=O)c1cc[c-]nc1.[Y]. The fourth-order valence-electron chi connectivity index (χ4n) is 0.711. The van der Waals surface area contributed by atoms with Gasteiger partial charge in [-0.1, -0.05) is 18.0 Å². The molecule has 1 radical (unpaired) electrons. The topological polar surface area (TPSA) is 42.4 Å². The van der Waals surface area contributed by atoms with Crippen LogP contribution in [0.15, 0.2) is 18.3 Å². The number of nitrogens with zero attached hydrogens (tertiary/aromatic N) is 2. The molecular formula is C8H9N2O2Y-. The van der Waals surface area contributed by atoms with Gasteiger partial charge in [0, 0.05) is 39.8 Å². The number of hydrogen-bond donors (Lipinski definition) is 0. The van der Waals surface area contributed by atoms with Crippen molar-refractivity contribution in [2.75, 3.05) is 14.2 Å². The molecule has 0 N–H and O–H groups in total. The predicted octanol–water partition coefficient (Wildman–Crippen LogP) is 0.513. The molecule has 1 rings (SSSR count). The molecule has 67 valence electrons. The van der Waals surface area contributed by atoms with Gasteiger partial charge in [-0.3, -0.25) is 9.63 Å². The molecule has 13 heavy (non-hydrogen) atoms. The molecule has 1 aromatic heterocycles. The summed E-state index contributed by atoms with van der Waals surface area (Å²) in [6.07, 6.45) is 4.03. The molecule has 4 nitrogen and oxygen atoms in total. The van der Waals surface area contributed by atoms with Crippen LogP contribution in [0.2, 0.25) is 0 Å². The second kappa shape index (κ2) is 6.19. The molecule has 0 aliphatic rings. The van der Waals surface area contributed by atoms with E-state index in [-0.39, 0.29) is 38.6 Å². The van der Waals surface area contributed by atoms with E-state index in [1.165, 1.54) is 13.3 Å². The van der Waals surface area contributed by atoms with Crippen molar-refractivity contribution in [3.05, 3.63) is 30.1 Å². The van der Waals surface area contributed by atoms with Crippen molar-refractivity contribution in [2.24, 2.45) is 0 Å². The number of rotatable bonds is 2. The van der Waals surface area contributed by atoms with E-state index >= 15 is 0 Å². The first kappa shape index (κ1) is 12.7. The number of carbonyl (C=O) groups excluding carboxylic acids is 1. The zero-order valence-corrected chi connectivity index (χ0v) is 10.4. The first-order valence-corrected chi connectivity index (χ1v) is 3.40. The first-order valence-electron chi connectivity index (χ1n) is 3.40. The Bertz CT molecular complexity index is 266. The van der Waals surface area contributed by atoms with Crippen LogP contribution in [0.5, 0.6) is 0 Å². The van der Waals surface area contributed by atoms with Crippen molar-refractivity contribution >= 4 is 5.91 Å². The van der Waals surface area contributed by atoms with Crippen LogP contribution in [-0.2, 0) is 37.5 Å². The van der Waals surface area contributed by atoms with Gasteiger partial charge in [0.05, 0.1) is 7.11 Å². The molecule has 0 saturated carbocycles. The smallest absolute Gasteiger partial charge is 0.254 e. The molecular weight excluding hydrogens is 245 g/mol. The van der Waals surface area contributed by atoms with Gasteiger partial charge in [-0.25, -0.2) is 5.06 Å². The number of hydroxylamine groups is 2. The number of pyridine rings is 1. The van der Waals surface area contributed by atoms with E-state index in [2.05, 4.69) is 11.2 Å². The minimum absolute atomic E-state index is 0. The largest absolute Gasteiger partial charge is 0.393 e. The molecule has 0 unspecified atom stereocenters. The molecule has 0 spiro atoms. The zero-order chi connectivity index (χ0) is 8.97. The van der Waals surface area contributed by atoms with E-state index in [0.29, 0.717) is 5.56 Å². The van der Waals surface area contributed by atoms with Gasteiger partial charge in [-0.15, -0.1) is 0 Å². The summed E-state index contributed by atoms with van der Waals surface area (Å²) in [7, 11) is 2.97. The third kappa shape index (κ3) is 3.50. The van der Waals surface area contributed by atoms with Gasteiger partial charge in [0.2, 0.25) is 0 Å². The van der Waals surface area contributed by atoms with Gasteiger partial charge in [0.15, 0.2) is 0 Å². The van der Waals surface area contributed by atoms with Crippen molar-refractivity contribution in [2.45, 2.75) is 0 Å². The van der Waals surface area contributed by atoms with Crippen LogP contribution in [0, 0.1) is 6.20 Å². The normalized spacial score (nSPS) is 8.77. The van der Waals surface area contributed by atoms with Crippen molar-refractivity contribution in [1.82, 2.24) is 10.0 Å². The third-order valence-corrected chi connectivity index (χ3v) is 1.42. The second-order valence-corrected chi connectivity index (χ2v) is 2.16. The average Bonchev–Trinajstić information content (AvgIpc) is 2.17. The predicted molar refractivity (Wildman–Crippen MR) is 42.2 cm³/mol. The van der Waals surface area contributed by atoms with Crippen LogP contribution in [-0.4, -0.2) is 30.1 Å². The monoisotopic (exact) mass is 254 g/mol. The quantitative estimate of drug-likeness (QED) is 0.570. The van der Waals surface area contributed by atoms with Crippen molar-refractivity contribution < 1.29 is 42.3 Å². The summed E-state index contributed by atoms with van der Waals surface area (Å²) in [6.45, 7) is 0. The molecule has 1 amide bonds. The summed E-state index contributed by atoms with van der Waals surface area (Å²) in [6, 6.07) is 3.21. The van der Waals surface area contributed by atoms with Crippen molar-refractivity contribution in [3.8, 4) is 0 Å². The molecule has 5 heteroatoms. The average molecular weight is 254 g/mol. The number of carbonyl (C=O) groups is 1. The van der Waals surface area contributed by atoms with Gasteiger partial charge in [0.1, 0.15) is 0 Å². The van der Waals surface area contributed by atoms with E-state index in [4.69, 9.17) is 4.84 Å². The van der Waals surface area contributed by atoms with Gasteiger partial charge < -0.3 is 4.98 Å². The Morgan fingerprint density at radius 2 is 2.38 bits per heavy atom. The Morgan fingerprint density at radius 1 is 1.69 bits per heavy atom. The van der Waals surface area contributed by atoms with Gasteiger partial charge in [-0.2, -0.15) is 12.1 Å². The molecule has 0 atom stereocenters. The van der Waals surface area contributed by atoms with Gasteiger partial charge >= 0.3 is 0 Å². The second-order valence-electron chi connectivity index (χ2n) is 2.16. The summed E-state index contributed by atoms with van der Waals surface area (Å²) in [4.78, 5) is 19.7. The minimum Gasteiger partial charge on any atom is -0.393 e. The third-order valence-electron chi connectivity index (χ3n) is 1.42. The van der Waals surface area contributed by atoms with Gasteiger partial charge in [0.25, 0.3) is 5.91 Å². The van der Waals surface area contributed by atoms with Crippen LogP contribution in [0.25, 0.3) is 0 Å². The van der Waals surface area contributed by atoms with Crippen LogP contribution in [0.3, 0.4) is 0 Å². The van der Waals surface area contributed by atoms with Crippen LogP contribution in [0.4, 0.5) is 0 Å². The molecule has 0 fully saturated rings. The Labute approximate surface area is 102 Å². The Kier molecular flexibility index (Phi) is 6.03. The number of hydrogen-bond acceptors (Lipinski definition) is 3. The Balaban J connectivity index is 0.00000144. The fourth-order valence-corrected chi connectivity index (χ4v) is 0.711. The Hall–Kier alpha value is -0.316. The molecule has 0 aliphatic carbocycles. The fraction of sp³-hybridized carbons (Fsp3) is 0.250. The number of amides is 1. The van der Waals surface area contributed by atoms with E-state index in [1.54, 1.807) is 19.2 Å². The number of aromatic nitrogens is 1. The maximum atomic E-state index is 11.3. The first-order chi connectivity index (χ1) is 5.75. The molecule has 0 aliphatic heterocycles. The summed E-state index contributed by atoms with van der Waals surface area (Å²) in [5.41, 5.74) is 0.484. The maximum Gasteiger partial charge on any atom is 0.254 e. The maximum absolute atomic E-state index is 11.3. The minimum atomic E-state index is -0.223. The summed E-state index contributed by atoms with van der Waals surface area (Å²) < 4.78 is 0. The van der Waals surface area contributed by atoms with Crippen LogP contribution >= 0.6 is 0 Å². The van der Waals surface area contributed by atoms with Crippen LogP contribution < -0.4 is 0 Å². The summed E-state index contributed by atoms with van der Waals surface area (Å²) in [5.74, 6) is -0.223. The van der Waals surface area contributed by atoms with E-state index in [1.807, 2.05) is 0 Å². The standard InChI is InChI=1S/C8H9N2O2.Y/c1-10(12-2)8(11)7-4-3-5-9-6-7;/h3-4,6H,1-2H3;/q-1;. The van der Waals surface area contributed by atoms with Crippen LogP contribution in [0.1, 0.15) is 10.4 Å². The van der Waals surface area contributed by atoms with Crippen molar-refractivity contribution in [1.29, 1.82) is 0 Å². The zero-order valence-electron chi connectivity index (χ0n) is 7.52. The summed E-state index contributed by atoms with van der Waals surface area (Å²) in [5, 5.41) is 1.14. The molecule has 1 aromatic rings. The molecule has 0 bridgehead atoms. The molecule has 0 saturated heterocycles. The molecule has 1 heterocycles. The van der Waals surface area contributed by atoms with E-state index < -0.39 is 0 Å². The van der Waals surface area contributed by atoms with Gasteiger partial charge in [-0.05, 0) is 0 Å². The Morgan fingerprint density at radius 3 is 2.85 bits per heavy atom. The molecule has 0 aromatic carbocycles. The van der Waals surface area contributed by atoms with E-state index in [0.717, 1.165) is 5.06 Å².